The molecule has 1 aromatic heterocycles. The van der Waals surface area contributed by atoms with Crippen LogP contribution in [0.25, 0.3) is 10.8 Å². The number of benzene rings is 1. The van der Waals surface area contributed by atoms with Gasteiger partial charge in [-0.25, -0.2) is 0 Å². The van der Waals surface area contributed by atoms with E-state index in [2.05, 4.69) is 42.3 Å². The van der Waals surface area contributed by atoms with Crippen molar-refractivity contribution in [1.82, 2.24) is 4.98 Å². The Labute approximate surface area is 130 Å². The predicted octanol–water partition coefficient (Wildman–Crippen LogP) is 4.56. The van der Waals surface area contributed by atoms with Gasteiger partial charge >= 0.3 is 0 Å². The normalized spacial score (nSPS) is 17.5. The molecule has 1 aromatic carbocycles. The molecule has 1 N–H and O–H groups in total. The van der Waals surface area contributed by atoms with E-state index >= 15 is 0 Å². The highest BCUT2D eigenvalue weighted by Crippen LogP contribution is 2.36. The molecule has 0 saturated carbocycles. The summed E-state index contributed by atoms with van der Waals surface area (Å²) in [5, 5.41) is 6.86. The van der Waals surface area contributed by atoms with Gasteiger partial charge in [0.15, 0.2) is 5.17 Å². The summed E-state index contributed by atoms with van der Waals surface area (Å²) in [6.07, 6.45) is 6.14. The molecular formula is C17H21N3S. The second kappa shape index (κ2) is 6.06. The molecule has 0 fully saturated rings. The SMILES string of the molecule is CCC1(CC)CN=C(Nc2cccc3ccncc23)SC1. The number of pyridine rings is 1. The highest BCUT2D eigenvalue weighted by Gasteiger charge is 2.30. The van der Waals surface area contributed by atoms with E-state index in [0.29, 0.717) is 5.41 Å². The molecule has 2 aromatic rings. The smallest absolute Gasteiger partial charge is 0.161 e. The summed E-state index contributed by atoms with van der Waals surface area (Å²) >= 11 is 1.84. The van der Waals surface area contributed by atoms with Crippen LogP contribution in [0.5, 0.6) is 0 Å². The molecule has 0 spiro atoms. The Morgan fingerprint density at radius 1 is 1.24 bits per heavy atom. The van der Waals surface area contributed by atoms with Crippen molar-refractivity contribution in [1.29, 1.82) is 0 Å². The van der Waals surface area contributed by atoms with Crippen molar-refractivity contribution in [2.24, 2.45) is 10.4 Å². The van der Waals surface area contributed by atoms with Gasteiger partial charge in [-0.05, 0) is 35.8 Å². The van der Waals surface area contributed by atoms with E-state index in [1.54, 1.807) is 0 Å². The van der Waals surface area contributed by atoms with Gasteiger partial charge in [0.2, 0.25) is 0 Å². The summed E-state index contributed by atoms with van der Waals surface area (Å²) in [7, 11) is 0. The van der Waals surface area contributed by atoms with Crippen molar-refractivity contribution in [2.75, 3.05) is 17.6 Å². The van der Waals surface area contributed by atoms with E-state index in [1.807, 2.05) is 30.2 Å². The fourth-order valence-electron chi connectivity index (χ4n) is 2.64. The molecule has 0 saturated heterocycles. The summed E-state index contributed by atoms with van der Waals surface area (Å²) in [5.74, 6) is 1.15. The molecule has 0 radical (unpaired) electrons. The van der Waals surface area contributed by atoms with Crippen molar-refractivity contribution in [2.45, 2.75) is 26.7 Å². The minimum atomic E-state index is 0.385. The summed E-state index contributed by atoms with van der Waals surface area (Å²) in [5.41, 5.74) is 1.48. The first-order valence-corrected chi connectivity index (χ1v) is 8.52. The van der Waals surface area contributed by atoms with Crippen LogP contribution in [0.3, 0.4) is 0 Å². The molecule has 0 unspecified atom stereocenters. The number of amidine groups is 1. The molecule has 1 aliphatic heterocycles. The number of hydrogen-bond acceptors (Lipinski definition) is 4. The number of hydrogen-bond donors (Lipinski definition) is 1. The third kappa shape index (κ3) is 2.91. The van der Waals surface area contributed by atoms with Gasteiger partial charge in [0.25, 0.3) is 0 Å². The fourth-order valence-corrected chi connectivity index (χ4v) is 3.92. The Morgan fingerprint density at radius 3 is 2.81 bits per heavy atom. The van der Waals surface area contributed by atoms with E-state index in [1.165, 1.54) is 18.2 Å². The first-order valence-electron chi connectivity index (χ1n) is 7.53. The highest BCUT2D eigenvalue weighted by molar-refractivity contribution is 8.14. The first-order chi connectivity index (χ1) is 10.3. The number of nitrogens with one attached hydrogen (secondary N) is 1. The number of fused-ring (bicyclic) bond motifs is 1. The summed E-state index contributed by atoms with van der Waals surface area (Å²) in [4.78, 5) is 9.00. The van der Waals surface area contributed by atoms with Crippen LogP contribution < -0.4 is 5.32 Å². The monoisotopic (exact) mass is 299 g/mol. The Hall–Kier alpha value is -1.55. The lowest BCUT2D eigenvalue weighted by Gasteiger charge is -2.33. The minimum absolute atomic E-state index is 0.385. The quantitative estimate of drug-likeness (QED) is 0.903. The van der Waals surface area contributed by atoms with E-state index in [0.717, 1.165) is 28.5 Å². The lowest BCUT2D eigenvalue weighted by atomic mass is 9.84. The van der Waals surface area contributed by atoms with Gasteiger partial charge in [-0.1, -0.05) is 37.7 Å². The zero-order valence-corrected chi connectivity index (χ0v) is 13.4. The molecule has 3 nitrogen and oxygen atoms in total. The average molecular weight is 299 g/mol. The van der Waals surface area contributed by atoms with Crippen molar-refractivity contribution in [3.63, 3.8) is 0 Å². The maximum atomic E-state index is 4.77. The predicted molar refractivity (Wildman–Crippen MR) is 93.1 cm³/mol. The number of rotatable bonds is 3. The largest absolute Gasteiger partial charge is 0.334 e. The van der Waals surface area contributed by atoms with E-state index < -0.39 is 0 Å². The molecule has 1 aliphatic rings. The van der Waals surface area contributed by atoms with Crippen molar-refractivity contribution in [3.8, 4) is 0 Å². The Bertz CT molecular complexity index is 657. The van der Waals surface area contributed by atoms with E-state index in [9.17, 15) is 0 Å². The molecular weight excluding hydrogens is 278 g/mol. The highest BCUT2D eigenvalue weighted by atomic mass is 32.2. The summed E-state index contributed by atoms with van der Waals surface area (Å²) in [6, 6.07) is 8.31. The second-order valence-electron chi connectivity index (χ2n) is 5.64. The van der Waals surface area contributed by atoms with E-state index in [4.69, 9.17) is 4.99 Å². The topological polar surface area (TPSA) is 37.3 Å². The lowest BCUT2D eigenvalue weighted by molar-refractivity contribution is 0.318. The van der Waals surface area contributed by atoms with Crippen LogP contribution in [0.2, 0.25) is 0 Å². The van der Waals surface area contributed by atoms with Gasteiger partial charge in [-0.2, -0.15) is 0 Å². The third-order valence-corrected chi connectivity index (χ3v) is 5.76. The van der Waals surface area contributed by atoms with Crippen molar-refractivity contribution in [3.05, 3.63) is 36.7 Å². The van der Waals surface area contributed by atoms with Gasteiger partial charge in [0.1, 0.15) is 0 Å². The maximum Gasteiger partial charge on any atom is 0.161 e. The minimum Gasteiger partial charge on any atom is -0.334 e. The molecule has 0 bridgehead atoms. The number of thioether (sulfide) groups is 1. The van der Waals surface area contributed by atoms with Gasteiger partial charge in [-0.3, -0.25) is 9.98 Å². The van der Waals surface area contributed by atoms with Gasteiger partial charge in [0, 0.05) is 35.8 Å². The third-order valence-electron chi connectivity index (χ3n) is 4.50. The molecule has 0 amide bonds. The molecule has 110 valence electrons. The fraction of sp³-hybridized carbons (Fsp3) is 0.412. The standard InChI is InChI=1S/C17H21N3S/c1-3-17(4-2)11-19-16(21-12-17)20-15-7-5-6-13-8-9-18-10-14(13)15/h5-10H,3-4,11-12H2,1-2H3,(H,19,20). The van der Waals surface area contributed by atoms with Crippen LogP contribution in [0.15, 0.2) is 41.7 Å². The Balaban J connectivity index is 1.82. The lowest BCUT2D eigenvalue weighted by Crippen LogP contribution is -2.32. The van der Waals surface area contributed by atoms with Crippen LogP contribution in [0.1, 0.15) is 26.7 Å². The first kappa shape index (κ1) is 14.4. The van der Waals surface area contributed by atoms with Crippen molar-refractivity contribution >= 4 is 33.4 Å². The number of anilines is 1. The van der Waals surface area contributed by atoms with Crippen LogP contribution in [0.4, 0.5) is 5.69 Å². The van der Waals surface area contributed by atoms with Gasteiger partial charge in [0.05, 0.1) is 0 Å². The zero-order valence-electron chi connectivity index (χ0n) is 12.6. The van der Waals surface area contributed by atoms with Crippen LogP contribution >= 0.6 is 11.8 Å². The molecule has 2 heterocycles. The molecule has 3 rings (SSSR count). The number of aromatic nitrogens is 1. The average Bonchev–Trinajstić information content (AvgIpc) is 2.56. The van der Waals surface area contributed by atoms with Gasteiger partial charge in [-0.15, -0.1) is 0 Å². The number of aliphatic imine (C=N–C) groups is 1. The summed E-state index contributed by atoms with van der Waals surface area (Å²) < 4.78 is 0. The second-order valence-corrected chi connectivity index (χ2v) is 6.61. The molecule has 21 heavy (non-hydrogen) atoms. The van der Waals surface area contributed by atoms with Crippen LogP contribution in [-0.4, -0.2) is 22.4 Å². The van der Waals surface area contributed by atoms with Gasteiger partial charge < -0.3 is 5.32 Å². The van der Waals surface area contributed by atoms with E-state index in [-0.39, 0.29) is 0 Å². The Kier molecular flexibility index (Phi) is 4.15. The number of nitrogens with zero attached hydrogens (tertiary/aromatic N) is 2. The Morgan fingerprint density at radius 2 is 2.10 bits per heavy atom. The zero-order chi connectivity index (χ0) is 14.7. The van der Waals surface area contributed by atoms with Crippen LogP contribution in [0, 0.1) is 5.41 Å². The van der Waals surface area contributed by atoms with Crippen molar-refractivity contribution < 1.29 is 0 Å². The van der Waals surface area contributed by atoms with Crippen LogP contribution in [-0.2, 0) is 0 Å². The molecule has 4 heteroatoms. The summed E-state index contributed by atoms with van der Waals surface area (Å²) in [6.45, 7) is 5.47. The molecule has 0 aliphatic carbocycles. The molecule has 0 atom stereocenters. The maximum absolute atomic E-state index is 4.77.